The lowest BCUT2D eigenvalue weighted by Crippen LogP contribution is -2.20. The molecule has 0 aromatic heterocycles. The molecule has 0 saturated heterocycles. The van der Waals surface area contributed by atoms with Crippen LogP contribution in [0.3, 0.4) is 0 Å². The van der Waals surface area contributed by atoms with E-state index in [1.807, 2.05) is 67.6 Å². The summed E-state index contributed by atoms with van der Waals surface area (Å²) in [6.45, 7) is 3.51. The molecule has 156 valence electrons. The lowest BCUT2D eigenvalue weighted by molar-refractivity contribution is -0.118. The molecule has 0 spiro atoms. The number of hydrogen-bond acceptors (Lipinski definition) is 3. The predicted molar refractivity (Wildman–Crippen MR) is 124 cm³/mol. The Kier molecular flexibility index (Phi) is 8.14. The van der Waals surface area contributed by atoms with Gasteiger partial charge >= 0.3 is 0 Å². The fraction of sp³-hybridized carbons (Fsp3) is 0.208. The molecule has 0 fully saturated rings. The maximum absolute atomic E-state index is 12.0. The topological polar surface area (TPSA) is 50.4 Å². The summed E-state index contributed by atoms with van der Waals surface area (Å²) in [7, 11) is 0. The lowest BCUT2D eigenvalue weighted by atomic mass is 10.1. The molecule has 0 aliphatic carbocycles. The Labute approximate surface area is 187 Å². The number of carbonyl (C=O) groups is 1. The van der Waals surface area contributed by atoms with E-state index in [0.717, 1.165) is 41.9 Å². The van der Waals surface area contributed by atoms with Crippen molar-refractivity contribution in [3.63, 3.8) is 0 Å². The summed E-state index contributed by atoms with van der Waals surface area (Å²) in [4.78, 5) is 12.0. The summed E-state index contributed by atoms with van der Waals surface area (Å²) in [5, 5.41) is 7.55. The average molecular weight is 443 g/mol. The van der Waals surface area contributed by atoms with Gasteiger partial charge in [-0.05, 0) is 67.4 Å². The summed E-state index contributed by atoms with van der Waals surface area (Å²) < 4.78 is 5.57. The fourth-order valence-corrected chi connectivity index (χ4v) is 3.37. The Hall–Kier alpha value is -2.53. The van der Waals surface area contributed by atoms with E-state index in [9.17, 15) is 4.79 Å². The van der Waals surface area contributed by atoms with Crippen LogP contribution in [0.1, 0.15) is 16.7 Å². The maximum Gasteiger partial charge on any atom is 0.262 e. The van der Waals surface area contributed by atoms with Gasteiger partial charge in [-0.1, -0.05) is 59.1 Å². The molecule has 30 heavy (non-hydrogen) atoms. The standard InChI is InChI=1S/C24H24Cl2N2O2/c1-17-2-8-21(9-3-17)28-24(29)16-30-22-10-4-18(5-11-22)15-27-13-12-19-6-7-20(25)14-23(19)26/h2-11,14,27H,12-13,15-16H2,1H3,(H,28,29). The average Bonchev–Trinajstić information content (AvgIpc) is 2.73. The molecule has 3 aromatic carbocycles. The molecule has 0 atom stereocenters. The molecule has 0 heterocycles. The Balaban J connectivity index is 1.38. The second-order valence-electron chi connectivity index (χ2n) is 7.01. The zero-order valence-corrected chi connectivity index (χ0v) is 18.3. The number of aryl methyl sites for hydroxylation is 1. The van der Waals surface area contributed by atoms with E-state index in [2.05, 4.69) is 10.6 Å². The second-order valence-corrected chi connectivity index (χ2v) is 7.85. The van der Waals surface area contributed by atoms with Crippen LogP contribution in [0.4, 0.5) is 5.69 Å². The zero-order chi connectivity index (χ0) is 21.3. The van der Waals surface area contributed by atoms with Crippen LogP contribution < -0.4 is 15.4 Å². The monoisotopic (exact) mass is 442 g/mol. The first-order chi connectivity index (χ1) is 14.5. The van der Waals surface area contributed by atoms with E-state index in [1.165, 1.54) is 0 Å². The van der Waals surface area contributed by atoms with Crippen LogP contribution in [0, 0.1) is 6.92 Å². The first-order valence-electron chi connectivity index (χ1n) is 9.72. The molecule has 0 bridgehead atoms. The van der Waals surface area contributed by atoms with Crippen LogP contribution in [0.2, 0.25) is 10.0 Å². The Morgan fingerprint density at radius 1 is 0.967 bits per heavy atom. The molecule has 0 saturated carbocycles. The summed E-state index contributed by atoms with van der Waals surface area (Å²) >= 11 is 12.1. The van der Waals surface area contributed by atoms with Gasteiger partial charge in [0.25, 0.3) is 5.91 Å². The van der Waals surface area contributed by atoms with Gasteiger partial charge in [0.2, 0.25) is 0 Å². The highest BCUT2D eigenvalue weighted by Gasteiger charge is 2.05. The van der Waals surface area contributed by atoms with Crippen molar-refractivity contribution < 1.29 is 9.53 Å². The van der Waals surface area contributed by atoms with Crippen molar-refractivity contribution in [3.8, 4) is 5.75 Å². The molecular weight excluding hydrogens is 419 g/mol. The molecule has 0 radical (unpaired) electrons. The number of anilines is 1. The quantitative estimate of drug-likeness (QED) is 0.420. The fourth-order valence-electron chi connectivity index (χ4n) is 2.87. The van der Waals surface area contributed by atoms with Crippen molar-refractivity contribution in [1.29, 1.82) is 0 Å². The molecule has 1 amide bonds. The minimum Gasteiger partial charge on any atom is -0.484 e. The minimum atomic E-state index is -0.189. The Morgan fingerprint density at radius 3 is 2.40 bits per heavy atom. The van der Waals surface area contributed by atoms with Crippen molar-refractivity contribution in [3.05, 3.63) is 93.5 Å². The summed E-state index contributed by atoms with van der Waals surface area (Å²) in [6.07, 6.45) is 0.827. The highest BCUT2D eigenvalue weighted by atomic mass is 35.5. The SMILES string of the molecule is Cc1ccc(NC(=O)COc2ccc(CNCCc3ccc(Cl)cc3Cl)cc2)cc1. The highest BCUT2D eigenvalue weighted by Crippen LogP contribution is 2.21. The summed E-state index contributed by atoms with van der Waals surface area (Å²) in [5.74, 6) is 0.469. The van der Waals surface area contributed by atoms with E-state index in [1.54, 1.807) is 6.07 Å². The molecule has 0 aliphatic heterocycles. The van der Waals surface area contributed by atoms with Crippen LogP contribution in [-0.2, 0) is 17.8 Å². The van der Waals surface area contributed by atoms with Crippen LogP contribution >= 0.6 is 23.2 Å². The number of nitrogens with one attached hydrogen (secondary N) is 2. The van der Waals surface area contributed by atoms with E-state index in [0.29, 0.717) is 15.8 Å². The zero-order valence-electron chi connectivity index (χ0n) is 16.8. The van der Waals surface area contributed by atoms with Gasteiger partial charge in [-0.15, -0.1) is 0 Å². The number of halogens is 2. The molecule has 3 aromatic rings. The maximum atomic E-state index is 12.0. The molecule has 2 N–H and O–H groups in total. The van der Waals surface area contributed by atoms with Gasteiger partial charge in [0.05, 0.1) is 0 Å². The van der Waals surface area contributed by atoms with Crippen molar-refractivity contribution in [1.82, 2.24) is 5.32 Å². The number of benzene rings is 3. The number of rotatable bonds is 9. The molecular formula is C24H24Cl2N2O2. The summed E-state index contributed by atoms with van der Waals surface area (Å²) in [5.41, 5.74) is 4.11. The minimum absolute atomic E-state index is 0.0344. The third kappa shape index (κ3) is 7.06. The molecule has 6 heteroatoms. The van der Waals surface area contributed by atoms with Crippen LogP contribution in [0.5, 0.6) is 5.75 Å². The smallest absolute Gasteiger partial charge is 0.262 e. The normalized spacial score (nSPS) is 10.6. The third-order valence-corrected chi connectivity index (χ3v) is 5.13. The molecule has 0 unspecified atom stereocenters. The number of carbonyl (C=O) groups excluding carboxylic acids is 1. The van der Waals surface area contributed by atoms with Crippen LogP contribution in [-0.4, -0.2) is 19.1 Å². The van der Waals surface area contributed by atoms with Crippen LogP contribution in [0.15, 0.2) is 66.7 Å². The first-order valence-corrected chi connectivity index (χ1v) is 10.5. The molecule has 4 nitrogen and oxygen atoms in total. The first kappa shape index (κ1) is 22.2. The van der Waals surface area contributed by atoms with Gasteiger partial charge < -0.3 is 15.4 Å². The summed E-state index contributed by atoms with van der Waals surface area (Å²) in [6, 6.07) is 20.9. The van der Waals surface area contributed by atoms with E-state index < -0.39 is 0 Å². The Bertz CT molecular complexity index is 974. The van der Waals surface area contributed by atoms with Gasteiger partial charge in [0, 0.05) is 22.3 Å². The Morgan fingerprint density at radius 2 is 1.70 bits per heavy atom. The number of hydrogen-bond donors (Lipinski definition) is 2. The molecule has 3 rings (SSSR count). The van der Waals surface area contributed by atoms with Gasteiger partial charge in [0.1, 0.15) is 5.75 Å². The van der Waals surface area contributed by atoms with Gasteiger partial charge in [-0.3, -0.25) is 4.79 Å². The predicted octanol–water partition coefficient (Wildman–Crippen LogP) is 5.65. The third-order valence-electron chi connectivity index (χ3n) is 4.54. The van der Waals surface area contributed by atoms with Crippen molar-refractivity contribution in [2.45, 2.75) is 19.9 Å². The van der Waals surface area contributed by atoms with Crippen molar-refractivity contribution in [2.24, 2.45) is 0 Å². The van der Waals surface area contributed by atoms with Gasteiger partial charge in [0.15, 0.2) is 6.61 Å². The second kappa shape index (κ2) is 11.0. The van der Waals surface area contributed by atoms with E-state index >= 15 is 0 Å². The van der Waals surface area contributed by atoms with E-state index in [-0.39, 0.29) is 12.5 Å². The highest BCUT2D eigenvalue weighted by molar-refractivity contribution is 6.35. The lowest BCUT2D eigenvalue weighted by Gasteiger charge is -2.09. The van der Waals surface area contributed by atoms with Crippen molar-refractivity contribution in [2.75, 3.05) is 18.5 Å². The van der Waals surface area contributed by atoms with Gasteiger partial charge in [-0.2, -0.15) is 0 Å². The van der Waals surface area contributed by atoms with Crippen LogP contribution in [0.25, 0.3) is 0 Å². The number of ether oxygens (including phenoxy) is 1. The van der Waals surface area contributed by atoms with E-state index in [4.69, 9.17) is 27.9 Å². The number of amides is 1. The molecule has 0 aliphatic rings. The van der Waals surface area contributed by atoms with Crippen molar-refractivity contribution >= 4 is 34.8 Å². The van der Waals surface area contributed by atoms with Gasteiger partial charge in [-0.25, -0.2) is 0 Å². The largest absolute Gasteiger partial charge is 0.484 e.